The number of carbonyl (C=O) groups excluding carboxylic acids is 3. The lowest BCUT2D eigenvalue weighted by Gasteiger charge is -2.26. The van der Waals surface area contributed by atoms with E-state index in [-0.39, 0.29) is 18.6 Å². The van der Waals surface area contributed by atoms with Crippen LogP contribution in [-0.2, 0) is 23.9 Å². The van der Waals surface area contributed by atoms with Crippen molar-refractivity contribution < 1.29 is 29.0 Å². The van der Waals surface area contributed by atoms with E-state index in [1.165, 1.54) is 13.8 Å². The van der Waals surface area contributed by atoms with E-state index in [0.29, 0.717) is 12.8 Å². The van der Waals surface area contributed by atoms with Gasteiger partial charge in [0.1, 0.15) is 6.10 Å². The highest BCUT2D eigenvalue weighted by Gasteiger charge is 2.27. The minimum Gasteiger partial charge on any atom is -0.463 e. The zero-order valence-electron chi connectivity index (χ0n) is 13.4. The number of nitrogens with zero attached hydrogens (tertiary/aromatic N) is 1. The first kappa shape index (κ1) is 18.4. The number of carbonyl (C=O) groups is 3. The van der Waals surface area contributed by atoms with Crippen molar-refractivity contribution in [1.29, 1.82) is 0 Å². The first-order chi connectivity index (χ1) is 10.4. The Morgan fingerprint density at radius 1 is 1.32 bits per heavy atom. The molecule has 3 atom stereocenters. The Morgan fingerprint density at radius 2 is 2.00 bits per heavy atom. The van der Waals surface area contributed by atoms with Gasteiger partial charge in [0.25, 0.3) is 0 Å². The Balaban J connectivity index is 2.34. The molecule has 3 unspecified atom stereocenters. The van der Waals surface area contributed by atoms with Crippen LogP contribution in [0.15, 0.2) is 0 Å². The summed E-state index contributed by atoms with van der Waals surface area (Å²) >= 11 is 0. The third kappa shape index (κ3) is 5.29. The third-order valence-corrected chi connectivity index (χ3v) is 3.68. The zero-order chi connectivity index (χ0) is 16.7. The summed E-state index contributed by atoms with van der Waals surface area (Å²) in [5.74, 6) is -1.37. The SMILES string of the molecule is CCC(CCOC(=O)C(C)OC(=O)C(C)O)N1CCCC1=O. The van der Waals surface area contributed by atoms with Crippen LogP contribution in [0, 0.1) is 0 Å². The number of amides is 1. The van der Waals surface area contributed by atoms with Crippen LogP contribution in [0.25, 0.3) is 0 Å². The van der Waals surface area contributed by atoms with Gasteiger partial charge in [-0.1, -0.05) is 6.92 Å². The number of esters is 2. The number of ether oxygens (including phenoxy) is 2. The van der Waals surface area contributed by atoms with E-state index < -0.39 is 24.1 Å². The zero-order valence-corrected chi connectivity index (χ0v) is 13.4. The molecule has 1 saturated heterocycles. The summed E-state index contributed by atoms with van der Waals surface area (Å²) in [6, 6.07) is 0.0677. The van der Waals surface area contributed by atoms with Crippen molar-refractivity contribution in [2.24, 2.45) is 0 Å². The smallest absolute Gasteiger partial charge is 0.347 e. The van der Waals surface area contributed by atoms with Gasteiger partial charge >= 0.3 is 11.9 Å². The Labute approximate surface area is 130 Å². The molecule has 0 saturated carbocycles. The minimum atomic E-state index is -1.28. The van der Waals surface area contributed by atoms with E-state index in [9.17, 15) is 14.4 Å². The Bertz CT molecular complexity index is 409. The molecule has 1 fully saturated rings. The number of hydrogen-bond acceptors (Lipinski definition) is 6. The summed E-state index contributed by atoms with van der Waals surface area (Å²) < 4.78 is 9.82. The maximum atomic E-state index is 11.7. The summed E-state index contributed by atoms with van der Waals surface area (Å²) in [7, 11) is 0. The second-order valence-corrected chi connectivity index (χ2v) is 5.46. The molecule has 0 bridgehead atoms. The summed E-state index contributed by atoms with van der Waals surface area (Å²) in [5.41, 5.74) is 0. The van der Waals surface area contributed by atoms with Gasteiger partial charge in [-0.3, -0.25) is 4.79 Å². The molecule has 0 aromatic rings. The summed E-state index contributed by atoms with van der Waals surface area (Å²) in [6.45, 7) is 5.57. The maximum absolute atomic E-state index is 11.7. The standard InChI is InChI=1S/C15H25NO6/c1-4-12(16-8-5-6-13(16)18)7-9-21-15(20)11(3)22-14(19)10(2)17/h10-12,17H,4-9H2,1-3H3. The molecular weight excluding hydrogens is 290 g/mol. The van der Waals surface area contributed by atoms with Gasteiger partial charge in [-0.05, 0) is 26.7 Å². The molecule has 126 valence electrons. The molecule has 1 aliphatic heterocycles. The van der Waals surface area contributed by atoms with Crippen molar-refractivity contribution in [3.63, 3.8) is 0 Å². The van der Waals surface area contributed by atoms with Gasteiger partial charge in [0.2, 0.25) is 5.91 Å². The highest BCUT2D eigenvalue weighted by molar-refractivity contribution is 5.80. The second kappa shape index (κ2) is 8.73. The van der Waals surface area contributed by atoms with Crippen LogP contribution in [0.4, 0.5) is 0 Å². The summed E-state index contributed by atoms with van der Waals surface area (Å²) in [4.78, 5) is 36.4. The van der Waals surface area contributed by atoms with Crippen molar-refractivity contribution in [2.75, 3.05) is 13.2 Å². The van der Waals surface area contributed by atoms with Crippen LogP contribution < -0.4 is 0 Å². The van der Waals surface area contributed by atoms with Gasteiger partial charge in [-0.15, -0.1) is 0 Å². The highest BCUT2D eigenvalue weighted by atomic mass is 16.6. The molecule has 7 heteroatoms. The predicted octanol–water partition coefficient (Wildman–Crippen LogP) is 0.633. The molecular formula is C15H25NO6. The van der Waals surface area contributed by atoms with E-state index in [0.717, 1.165) is 19.4 Å². The molecule has 0 radical (unpaired) electrons. The number of aliphatic hydroxyl groups is 1. The molecule has 7 nitrogen and oxygen atoms in total. The Morgan fingerprint density at radius 3 is 2.50 bits per heavy atom. The topological polar surface area (TPSA) is 93.1 Å². The fourth-order valence-corrected chi connectivity index (χ4v) is 2.37. The fourth-order valence-electron chi connectivity index (χ4n) is 2.37. The Kier molecular flexibility index (Phi) is 7.31. The van der Waals surface area contributed by atoms with Crippen LogP contribution in [0.5, 0.6) is 0 Å². The first-order valence-electron chi connectivity index (χ1n) is 7.71. The van der Waals surface area contributed by atoms with Crippen LogP contribution in [0.1, 0.15) is 46.5 Å². The lowest BCUT2D eigenvalue weighted by atomic mass is 10.1. The van der Waals surface area contributed by atoms with Crippen LogP contribution in [-0.4, -0.2) is 59.3 Å². The highest BCUT2D eigenvalue weighted by Crippen LogP contribution is 2.18. The van der Waals surface area contributed by atoms with E-state index in [1.807, 2.05) is 11.8 Å². The summed E-state index contributed by atoms with van der Waals surface area (Å²) in [6.07, 6.45) is 0.488. The predicted molar refractivity (Wildman–Crippen MR) is 77.8 cm³/mol. The first-order valence-corrected chi connectivity index (χ1v) is 7.71. The van der Waals surface area contributed by atoms with E-state index in [4.69, 9.17) is 14.6 Å². The maximum Gasteiger partial charge on any atom is 0.347 e. The van der Waals surface area contributed by atoms with Crippen molar-refractivity contribution >= 4 is 17.8 Å². The summed E-state index contributed by atoms with van der Waals surface area (Å²) in [5, 5.41) is 9.01. The van der Waals surface area contributed by atoms with Gasteiger partial charge in [0.15, 0.2) is 6.10 Å². The molecule has 0 aromatic heterocycles. The average molecular weight is 315 g/mol. The number of aliphatic hydroxyl groups excluding tert-OH is 1. The second-order valence-electron chi connectivity index (χ2n) is 5.46. The Hall–Kier alpha value is -1.63. The van der Waals surface area contributed by atoms with E-state index in [2.05, 4.69) is 0 Å². The molecule has 0 spiro atoms. The molecule has 1 amide bonds. The molecule has 1 heterocycles. The average Bonchev–Trinajstić information content (AvgIpc) is 2.89. The normalized spacial score (nSPS) is 18.7. The quantitative estimate of drug-likeness (QED) is 0.661. The van der Waals surface area contributed by atoms with Crippen molar-refractivity contribution in [3.05, 3.63) is 0 Å². The number of likely N-dealkylation sites (tertiary alicyclic amines) is 1. The number of rotatable bonds is 8. The lowest BCUT2D eigenvalue weighted by molar-refractivity contribution is -0.171. The largest absolute Gasteiger partial charge is 0.463 e. The molecule has 0 aromatic carbocycles. The fraction of sp³-hybridized carbons (Fsp3) is 0.800. The van der Waals surface area contributed by atoms with Crippen LogP contribution in [0.3, 0.4) is 0 Å². The van der Waals surface area contributed by atoms with Crippen LogP contribution in [0.2, 0.25) is 0 Å². The third-order valence-electron chi connectivity index (χ3n) is 3.68. The van der Waals surface area contributed by atoms with Gasteiger partial charge < -0.3 is 19.5 Å². The van der Waals surface area contributed by atoms with Gasteiger partial charge in [0, 0.05) is 25.4 Å². The molecule has 1 N–H and O–H groups in total. The molecule has 1 aliphatic rings. The molecule has 0 aliphatic carbocycles. The number of hydrogen-bond donors (Lipinski definition) is 1. The minimum absolute atomic E-state index is 0.0677. The van der Waals surface area contributed by atoms with Crippen molar-refractivity contribution in [3.8, 4) is 0 Å². The van der Waals surface area contributed by atoms with Crippen LogP contribution >= 0.6 is 0 Å². The van der Waals surface area contributed by atoms with Gasteiger partial charge in [0.05, 0.1) is 6.61 Å². The van der Waals surface area contributed by atoms with Gasteiger partial charge in [-0.2, -0.15) is 0 Å². The molecule has 22 heavy (non-hydrogen) atoms. The molecule has 1 rings (SSSR count). The van der Waals surface area contributed by atoms with Crippen molar-refractivity contribution in [2.45, 2.75) is 64.7 Å². The monoisotopic (exact) mass is 315 g/mol. The van der Waals surface area contributed by atoms with Gasteiger partial charge in [-0.25, -0.2) is 9.59 Å². The van der Waals surface area contributed by atoms with E-state index >= 15 is 0 Å². The van der Waals surface area contributed by atoms with E-state index in [1.54, 1.807) is 0 Å². The lowest BCUT2D eigenvalue weighted by Crippen LogP contribution is -2.37. The van der Waals surface area contributed by atoms with Crippen molar-refractivity contribution in [1.82, 2.24) is 4.90 Å².